The van der Waals surface area contributed by atoms with Crippen LogP contribution in [0, 0.1) is 5.92 Å². The van der Waals surface area contributed by atoms with Gasteiger partial charge in [0.15, 0.2) is 5.11 Å². The van der Waals surface area contributed by atoms with Crippen LogP contribution < -0.4 is 5.32 Å². The molecule has 0 bridgehead atoms. The number of likely N-dealkylation sites (tertiary alicyclic amines) is 1. The van der Waals surface area contributed by atoms with Gasteiger partial charge in [-0.1, -0.05) is 23.7 Å². The topological polar surface area (TPSA) is 35.5 Å². The average molecular weight is 285 g/mol. The molecule has 2 N–H and O–H groups in total. The first-order valence-electron chi connectivity index (χ1n) is 6.12. The summed E-state index contributed by atoms with van der Waals surface area (Å²) in [4.78, 5) is 2.10. The SMILES string of the molecule is OC[C@@H]1CCCN(C(=S)Nc2ccccc2Cl)C1. The Bertz CT molecular complexity index is 427. The maximum Gasteiger partial charge on any atom is 0.173 e. The molecule has 2 rings (SSSR count). The minimum Gasteiger partial charge on any atom is -0.396 e. The fraction of sp³-hybridized carbons (Fsp3) is 0.462. The number of hydrogen-bond acceptors (Lipinski definition) is 2. The van der Waals surface area contributed by atoms with Crippen LogP contribution >= 0.6 is 23.8 Å². The zero-order valence-electron chi connectivity index (χ0n) is 10.1. The van der Waals surface area contributed by atoms with Crippen molar-refractivity contribution in [1.29, 1.82) is 0 Å². The summed E-state index contributed by atoms with van der Waals surface area (Å²) in [6.45, 7) is 1.98. The van der Waals surface area contributed by atoms with E-state index in [0.717, 1.165) is 31.6 Å². The third-order valence-electron chi connectivity index (χ3n) is 3.18. The van der Waals surface area contributed by atoms with Crippen molar-refractivity contribution >= 4 is 34.6 Å². The molecule has 0 saturated carbocycles. The van der Waals surface area contributed by atoms with Crippen molar-refractivity contribution in [1.82, 2.24) is 4.90 Å². The highest BCUT2D eigenvalue weighted by atomic mass is 35.5. The van der Waals surface area contributed by atoms with E-state index in [1.165, 1.54) is 0 Å². The van der Waals surface area contributed by atoms with Crippen molar-refractivity contribution in [2.75, 3.05) is 25.0 Å². The predicted octanol–water partition coefficient (Wildman–Crippen LogP) is 2.74. The molecule has 1 fully saturated rings. The third-order valence-corrected chi connectivity index (χ3v) is 3.87. The van der Waals surface area contributed by atoms with Crippen LogP contribution in [-0.4, -0.2) is 34.8 Å². The van der Waals surface area contributed by atoms with E-state index in [9.17, 15) is 5.11 Å². The largest absolute Gasteiger partial charge is 0.396 e. The zero-order chi connectivity index (χ0) is 13.0. The van der Waals surface area contributed by atoms with Gasteiger partial charge in [0.25, 0.3) is 0 Å². The van der Waals surface area contributed by atoms with Crippen molar-refractivity contribution in [2.45, 2.75) is 12.8 Å². The number of benzene rings is 1. The van der Waals surface area contributed by atoms with Crippen molar-refractivity contribution in [3.8, 4) is 0 Å². The van der Waals surface area contributed by atoms with E-state index in [1.807, 2.05) is 24.3 Å². The number of nitrogens with zero attached hydrogens (tertiary/aromatic N) is 1. The molecule has 98 valence electrons. The number of para-hydroxylation sites is 1. The highest BCUT2D eigenvalue weighted by Gasteiger charge is 2.21. The third kappa shape index (κ3) is 3.34. The van der Waals surface area contributed by atoms with Gasteiger partial charge in [0.05, 0.1) is 10.7 Å². The molecule has 0 radical (unpaired) electrons. The lowest BCUT2D eigenvalue weighted by Crippen LogP contribution is -2.43. The molecule has 0 aliphatic carbocycles. The van der Waals surface area contributed by atoms with Crippen LogP contribution in [0.3, 0.4) is 0 Å². The number of nitrogens with one attached hydrogen (secondary N) is 1. The monoisotopic (exact) mass is 284 g/mol. The number of anilines is 1. The fourth-order valence-electron chi connectivity index (χ4n) is 2.16. The van der Waals surface area contributed by atoms with E-state index in [0.29, 0.717) is 16.1 Å². The summed E-state index contributed by atoms with van der Waals surface area (Å²) < 4.78 is 0. The first kappa shape index (κ1) is 13.6. The van der Waals surface area contributed by atoms with Gasteiger partial charge in [-0.2, -0.15) is 0 Å². The predicted molar refractivity (Wildman–Crippen MR) is 79.1 cm³/mol. The standard InChI is InChI=1S/C13H17ClN2OS/c14-11-5-1-2-6-12(11)15-13(18)16-7-3-4-10(8-16)9-17/h1-2,5-6,10,17H,3-4,7-9H2,(H,15,18)/t10-/m1/s1. The highest BCUT2D eigenvalue weighted by Crippen LogP contribution is 2.22. The number of rotatable bonds is 2. The van der Waals surface area contributed by atoms with Crippen molar-refractivity contribution in [3.63, 3.8) is 0 Å². The Labute approximate surface area is 118 Å². The molecule has 0 amide bonds. The maximum absolute atomic E-state index is 9.21. The van der Waals surface area contributed by atoms with Crippen LogP contribution in [0.15, 0.2) is 24.3 Å². The average Bonchev–Trinajstić information content (AvgIpc) is 2.41. The van der Waals surface area contributed by atoms with E-state index in [1.54, 1.807) is 0 Å². The van der Waals surface area contributed by atoms with Crippen LogP contribution in [0.4, 0.5) is 5.69 Å². The normalized spacial score (nSPS) is 19.7. The summed E-state index contributed by atoms with van der Waals surface area (Å²) in [5.74, 6) is 0.324. The van der Waals surface area contributed by atoms with E-state index in [4.69, 9.17) is 23.8 Å². The summed E-state index contributed by atoms with van der Waals surface area (Å²) in [6, 6.07) is 7.55. The van der Waals surface area contributed by atoms with E-state index < -0.39 is 0 Å². The van der Waals surface area contributed by atoms with Crippen LogP contribution in [0.5, 0.6) is 0 Å². The summed E-state index contributed by atoms with van der Waals surface area (Å²) in [7, 11) is 0. The van der Waals surface area contributed by atoms with Gasteiger partial charge in [-0.3, -0.25) is 0 Å². The van der Waals surface area contributed by atoms with Crippen molar-refractivity contribution < 1.29 is 5.11 Å². The molecule has 1 aromatic carbocycles. The van der Waals surface area contributed by atoms with Gasteiger partial charge in [-0.05, 0) is 43.1 Å². The molecule has 0 spiro atoms. The molecule has 3 nitrogen and oxygen atoms in total. The maximum atomic E-state index is 9.21. The number of halogens is 1. The van der Waals surface area contributed by atoms with Gasteiger partial charge in [0.2, 0.25) is 0 Å². The van der Waals surface area contributed by atoms with Gasteiger partial charge in [0, 0.05) is 19.7 Å². The smallest absolute Gasteiger partial charge is 0.173 e. The molecule has 1 saturated heterocycles. The second-order valence-corrected chi connectivity index (χ2v) is 5.34. The molecule has 1 heterocycles. The quantitative estimate of drug-likeness (QED) is 0.819. The Kier molecular flexibility index (Phi) is 4.80. The van der Waals surface area contributed by atoms with E-state index in [2.05, 4.69) is 10.2 Å². The minimum absolute atomic E-state index is 0.227. The first-order valence-corrected chi connectivity index (χ1v) is 6.90. The fourth-order valence-corrected chi connectivity index (χ4v) is 2.61. The van der Waals surface area contributed by atoms with E-state index in [-0.39, 0.29) is 6.61 Å². The molecular formula is C13H17ClN2OS. The number of aliphatic hydroxyl groups excluding tert-OH is 1. The lowest BCUT2D eigenvalue weighted by molar-refractivity contribution is 0.162. The summed E-state index contributed by atoms with van der Waals surface area (Å²) in [6.07, 6.45) is 2.14. The number of thiocarbonyl (C=S) groups is 1. The lowest BCUT2D eigenvalue weighted by Gasteiger charge is -2.33. The number of hydrogen-bond donors (Lipinski definition) is 2. The van der Waals surface area contributed by atoms with Crippen LogP contribution in [0.1, 0.15) is 12.8 Å². The van der Waals surface area contributed by atoms with Gasteiger partial charge in [-0.15, -0.1) is 0 Å². The Balaban J connectivity index is 1.97. The number of piperidine rings is 1. The molecule has 1 aromatic rings. The van der Waals surface area contributed by atoms with Crippen molar-refractivity contribution in [3.05, 3.63) is 29.3 Å². The summed E-state index contributed by atoms with van der Waals surface area (Å²) in [5, 5.41) is 13.7. The first-order chi connectivity index (χ1) is 8.70. The zero-order valence-corrected chi connectivity index (χ0v) is 11.7. The van der Waals surface area contributed by atoms with Crippen LogP contribution in [0.2, 0.25) is 5.02 Å². The molecule has 0 aromatic heterocycles. The Morgan fingerprint density at radius 1 is 1.50 bits per heavy atom. The Hall–Kier alpha value is -0.840. The molecule has 1 aliphatic rings. The van der Waals surface area contributed by atoms with Gasteiger partial charge in [0.1, 0.15) is 0 Å². The minimum atomic E-state index is 0.227. The summed E-state index contributed by atoms with van der Waals surface area (Å²) >= 11 is 11.5. The van der Waals surface area contributed by atoms with Crippen molar-refractivity contribution in [2.24, 2.45) is 5.92 Å². The number of aliphatic hydroxyl groups is 1. The molecule has 1 aliphatic heterocycles. The van der Waals surface area contributed by atoms with Gasteiger partial charge < -0.3 is 15.3 Å². The molecule has 18 heavy (non-hydrogen) atoms. The van der Waals surface area contributed by atoms with Crippen LogP contribution in [0.25, 0.3) is 0 Å². The van der Waals surface area contributed by atoms with E-state index >= 15 is 0 Å². The molecular weight excluding hydrogens is 268 g/mol. The Morgan fingerprint density at radius 2 is 2.28 bits per heavy atom. The van der Waals surface area contributed by atoms with Gasteiger partial charge >= 0.3 is 0 Å². The molecule has 0 unspecified atom stereocenters. The molecule has 5 heteroatoms. The second-order valence-electron chi connectivity index (χ2n) is 4.55. The Morgan fingerprint density at radius 3 is 3.00 bits per heavy atom. The lowest BCUT2D eigenvalue weighted by atomic mass is 9.99. The van der Waals surface area contributed by atoms with Gasteiger partial charge in [-0.25, -0.2) is 0 Å². The highest BCUT2D eigenvalue weighted by molar-refractivity contribution is 7.80. The summed E-state index contributed by atoms with van der Waals surface area (Å²) in [5.41, 5.74) is 0.829. The molecule has 1 atom stereocenters. The second kappa shape index (κ2) is 6.36. The van der Waals surface area contributed by atoms with Crippen LogP contribution in [-0.2, 0) is 0 Å².